The lowest BCUT2D eigenvalue weighted by Gasteiger charge is -2.40. The molecule has 2 N–H and O–H groups in total. The van der Waals surface area contributed by atoms with Gasteiger partial charge in [0.15, 0.2) is 5.78 Å². The quantitative estimate of drug-likeness (QED) is 0.272. The van der Waals surface area contributed by atoms with Crippen LogP contribution in [0.5, 0.6) is 5.75 Å². The lowest BCUT2D eigenvalue weighted by atomic mass is 9.73. The third kappa shape index (κ3) is 5.05. The van der Waals surface area contributed by atoms with E-state index in [1.54, 1.807) is 23.1 Å². The number of nitro groups is 1. The number of nitriles is 1. The fourth-order valence-electron chi connectivity index (χ4n) is 5.73. The highest BCUT2D eigenvalue weighted by atomic mass is 19.1. The summed E-state index contributed by atoms with van der Waals surface area (Å²) in [5, 5.41) is 22.0. The number of rotatable bonds is 6. The van der Waals surface area contributed by atoms with Crippen molar-refractivity contribution in [1.82, 2.24) is 0 Å². The molecule has 5 rings (SSSR count). The Bertz CT molecular complexity index is 1680. The zero-order valence-electron chi connectivity index (χ0n) is 23.0. The number of Topliss-reactive ketones (excluding diaryl/α,β-unsaturated/α-hetero) is 1. The van der Waals surface area contributed by atoms with Crippen molar-refractivity contribution in [3.05, 3.63) is 121 Å². The van der Waals surface area contributed by atoms with Crippen LogP contribution in [-0.4, -0.2) is 10.7 Å². The molecule has 1 aliphatic carbocycles. The molecule has 0 saturated carbocycles. The smallest absolute Gasteiger partial charge is 0.271 e. The maximum absolute atomic E-state index is 13.6. The van der Waals surface area contributed by atoms with Crippen molar-refractivity contribution in [2.45, 2.75) is 52.6 Å². The maximum Gasteiger partial charge on any atom is 0.271 e. The van der Waals surface area contributed by atoms with Crippen LogP contribution in [0.3, 0.4) is 0 Å². The van der Waals surface area contributed by atoms with Gasteiger partial charge in [0.25, 0.3) is 5.69 Å². The van der Waals surface area contributed by atoms with Gasteiger partial charge in [0, 0.05) is 29.8 Å². The Balaban J connectivity index is 1.66. The third-order valence-corrected chi connectivity index (χ3v) is 7.78. The van der Waals surface area contributed by atoms with Gasteiger partial charge in [-0.1, -0.05) is 23.8 Å². The minimum Gasteiger partial charge on any atom is -0.489 e. The first kappa shape index (κ1) is 27.6. The average Bonchev–Trinajstić information content (AvgIpc) is 2.94. The van der Waals surface area contributed by atoms with Gasteiger partial charge in [-0.2, -0.15) is 5.26 Å². The number of hydrogen-bond acceptors (Lipinski definition) is 7. The Hall–Kier alpha value is -4.97. The summed E-state index contributed by atoms with van der Waals surface area (Å²) in [6.07, 6.45) is 1.47. The van der Waals surface area contributed by atoms with Gasteiger partial charge >= 0.3 is 0 Å². The fourth-order valence-corrected chi connectivity index (χ4v) is 5.73. The third-order valence-electron chi connectivity index (χ3n) is 7.78. The van der Waals surface area contributed by atoms with Gasteiger partial charge in [0.2, 0.25) is 0 Å². The van der Waals surface area contributed by atoms with E-state index >= 15 is 0 Å². The molecular formula is C32H29FN4O4. The van der Waals surface area contributed by atoms with Crippen LogP contribution in [0.4, 0.5) is 15.8 Å². The van der Waals surface area contributed by atoms with Crippen LogP contribution in [0.25, 0.3) is 0 Å². The topological polar surface area (TPSA) is 122 Å². The minimum atomic E-state index is -0.692. The number of allylic oxidation sites excluding steroid dienone is 3. The molecule has 9 heteroatoms. The predicted molar refractivity (Wildman–Crippen MR) is 152 cm³/mol. The summed E-state index contributed by atoms with van der Waals surface area (Å²) in [6.45, 7) is 5.88. The van der Waals surface area contributed by atoms with Gasteiger partial charge in [0.05, 0.1) is 28.2 Å². The molecule has 0 spiro atoms. The number of nitrogens with two attached hydrogens (primary N) is 1. The molecule has 0 bridgehead atoms. The first-order valence-electron chi connectivity index (χ1n) is 13.3. The molecule has 0 radical (unpaired) electrons. The zero-order valence-corrected chi connectivity index (χ0v) is 23.0. The molecule has 1 heterocycles. The number of carbonyl (C=O) groups is 1. The van der Waals surface area contributed by atoms with Crippen LogP contribution in [0.15, 0.2) is 77.3 Å². The Kier molecular flexibility index (Phi) is 7.33. The summed E-state index contributed by atoms with van der Waals surface area (Å²) >= 11 is 0. The van der Waals surface area contributed by atoms with E-state index in [1.165, 1.54) is 24.3 Å². The Morgan fingerprint density at radius 1 is 1.12 bits per heavy atom. The Labute approximate surface area is 237 Å². The second-order valence-electron chi connectivity index (χ2n) is 10.4. The van der Waals surface area contributed by atoms with Crippen LogP contribution in [0.2, 0.25) is 0 Å². The van der Waals surface area contributed by atoms with Gasteiger partial charge in [-0.05, 0) is 80.1 Å². The molecule has 3 aromatic carbocycles. The molecule has 1 atom stereocenters. The number of non-ortho nitro benzene ring substituents is 1. The van der Waals surface area contributed by atoms with Crippen molar-refractivity contribution in [1.29, 1.82) is 5.26 Å². The lowest BCUT2D eigenvalue weighted by Crippen LogP contribution is -2.39. The molecule has 41 heavy (non-hydrogen) atoms. The molecular weight excluding hydrogens is 523 g/mol. The van der Waals surface area contributed by atoms with Gasteiger partial charge in [-0.15, -0.1) is 0 Å². The standard InChI is InChI=1S/C32H29FN4O4/c1-18-13-21(17-41-24-11-8-22(33)9-12-24)20(3)25(14-18)30-26(16-34)32(35)36(27-5-4-6-29(38)31(27)30)28-15-23(37(39)40)10-7-19(28)2/h7-15,30H,4-6,17,35H2,1-3H3. The summed E-state index contributed by atoms with van der Waals surface area (Å²) in [4.78, 5) is 26.4. The predicted octanol–water partition coefficient (Wildman–Crippen LogP) is 6.54. The van der Waals surface area contributed by atoms with Crippen LogP contribution < -0.4 is 15.4 Å². The van der Waals surface area contributed by atoms with Crippen molar-refractivity contribution < 1.29 is 18.8 Å². The number of ketones is 1. The monoisotopic (exact) mass is 552 g/mol. The first-order chi connectivity index (χ1) is 19.6. The lowest BCUT2D eigenvalue weighted by molar-refractivity contribution is -0.384. The summed E-state index contributed by atoms with van der Waals surface area (Å²) < 4.78 is 19.3. The number of carbonyl (C=O) groups excluding carboxylic acids is 1. The molecule has 3 aromatic rings. The SMILES string of the molecule is Cc1cc(COc2ccc(F)cc2)c(C)c(C2C(C#N)=C(N)N(c3cc([N+](=O)[O-])ccc3C)C3=C2C(=O)CCC3)c1. The number of ether oxygens (including phenoxy) is 1. The molecule has 208 valence electrons. The van der Waals surface area contributed by atoms with E-state index in [2.05, 4.69) is 6.07 Å². The van der Waals surface area contributed by atoms with E-state index in [0.717, 1.165) is 27.8 Å². The highest BCUT2D eigenvalue weighted by molar-refractivity contribution is 6.01. The number of benzene rings is 3. The van der Waals surface area contributed by atoms with Gasteiger partial charge in [0.1, 0.15) is 24.0 Å². The highest BCUT2D eigenvalue weighted by Crippen LogP contribution is 2.48. The van der Waals surface area contributed by atoms with E-state index in [1.807, 2.05) is 32.9 Å². The van der Waals surface area contributed by atoms with Crippen LogP contribution >= 0.6 is 0 Å². The number of anilines is 1. The second-order valence-corrected chi connectivity index (χ2v) is 10.4. The van der Waals surface area contributed by atoms with Crippen molar-refractivity contribution in [2.24, 2.45) is 5.73 Å². The highest BCUT2D eigenvalue weighted by Gasteiger charge is 2.41. The Morgan fingerprint density at radius 3 is 2.54 bits per heavy atom. The normalized spacial score (nSPS) is 16.9. The van der Waals surface area contributed by atoms with Crippen LogP contribution in [0.1, 0.15) is 53.0 Å². The zero-order chi connectivity index (χ0) is 29.4. The summed E-state index contributed by atoms with van der Waals surface area (Å²) in [5.41, 5.74) is 12.6. The molecule has 0 saturated heterocycles. The number of nitrogens with zero attached hydrogens (tertiary/aromatic N) is 3. The Morgan fingerprint density at radius 2 is 1.85 bits per heavy atom. The van der Waals surface area contributed by atoms with Gasteiger partial charge in [-0.25, -0.2) is 4.39 Å². The van der Waals surface area contributed by atoms with Crippen LogP contribution in [0, 0.1) is 48.0 Å². The van der Waals surface area contributed by atoms with Gasteiger partial charge in [-0.3, -0.25) is 19.8 Å². The fraction of sp³-hybridized carbons (Fsp3) is 0.250. The maximum atomic E-state index is 13.6. The van der Waals surface area contributed by atoms with E-state index < -0.39 is 10.8 Å². The second kappa shape index (κ2) is 10.9. The summed E-state index contributed by atoms with van der Waals surface area (Å²) in [7, 11) is 0. The van der Waals surface area contributed by atoms with E-state index in [0.29, 0.717) is 42.0 Å². The number of aryl methyl sites for hydroxylation is 2. The summed E-state index contributed by atoms with van der Waals surface area (Å²) in [6, 6.07) is 16.5. The number of halogens is 1. The van der Waals surface area contributed by atoms with Gasteiger partial charge < -0.3 is 10.5 Å². The first-order valence-corrected chi connectivity index (χ1v) is 13.3. The van der Waals surface area contributed by atoms with Crippen molar-refractivity contribution in [3.8, 4) is 11.8 Å². The largest absolute Gasteiger partial charge is 0.489 e. The van der Waals surface area contributed by atoms with Crippen molar-refractivity contribution in [2.75, 3.05) is 4.90 Å². The van der Waals surface area contributed by atoms with Crippen LogP contribution in [-0.2, 0) is 11.4 Å². The molecule has 0 aromatic heterocycles. The number of hydrogen-bond donors (Lipinski definition) is 1. The van der Waals surface area contributed by atoms with E-state index in [9.17, 15) is 24.6 Å². The molecule has 0 amide bonds. The molecule has 0 fully saturated rings. The molecule has 1 unspecified atom stereocenters. The van der Waals surface area contributed by atoms with Crippen molar-refractivity contribution >= 4 is 17.2 Å². The summed E-state index contributed by atoms with van der Waals surface area (Å²) in [5.74, 6) is -0.451. The molecule has 1 aliphatic heterocycles. The van der Waals surface area contributed by atoms with E-state index in [4.69, 9.17) is 10.5 Å². The minimum absolute atomic E-state index is 0.0744. The molecule has 2 aliphatic rings. The van der Waals surface area contributed by atoms with E-state index in [-0.39, 0.29) is 35.3 Å². The van der Waals surface area contributed by atoms with Crippen molar-refractivity contribution in [3.63, 3.8) is 0 Å². The molecule has 8 nitrogen and oxygen atoms in total. The number of nitro benzene ring substituents is 1. The average molecular weight is 553 g/mol.